The fourth-order valence-corrected chi connectivity index (χ4v) is 12.0. The zero-order valence-corrected chi connectivity index (χ0v) is 63.5. The molecule has 5 fully saturated rings. The summed E-state index contributed by atoms with van der Waals surface area (Å²) in [6, 6.07) is 0.932. The van der Waals surface area contributed by atoms with E-state index in [0.29, 0.717) is 144 Å². The minimum atomic E-state index is -2.03. The van der Waals surface area contributed by atoms with E-state index in [1.54, 1.807) is 7.11 Å². The lowest BCUT2D eigenvalue weighted by molar-refractivity contribution is -0.271. The Bertz CT molecular complexity index is 3090. The SMILES string of the molecule is COCCOCCOCCOCCOCCOCCOCCOCCOCCOCCOCCOCCC(=O)N[C@H]1CO[C@H]2[C@@H]1OC[C@@H]2NC(=O)CCC[C@H](NC(=O)CCN1C(=O)C=CC1=O)C(=O)NCCC(=O)NCc1cc(COC(=O)NCC(=O)N[C@H]2CO[C@H]3[C@@H]2OC[C@@H]3N)ccc1O[C@@H]1O[C@H](C(=O)O)[C@@H](O)[C@H](O)[C@H]1O. The van der Waals surface area contributed by atoms with Crippen molar-refractivity contribution < 1.29 is 158 Å². The average Bonchev–Trinajstić information content (AvgIpc) is 1.79. The maximum absolute atomic E-state index is 13.8. The van der Waals surface area contributed by atoms with E-state index in [9.17, 15) is 68.4 Å². The first-order valence-electron chi connectivity index (χ1n) is 37.7. The summed E-state index contributed by atoms with van der Waals surface area (Å²) in [6.07, 6.45) is -11.6. The second kappa shape index (κ2) is 53.0. The van der Waals surface area contributed by atoms with Gasteiger partial charge in [0.15, 0.2) is 6.10 Å². The van der Waals surface area contributed by atoms with Gasteiger partial charge in [0.25, 0.3) is 11.8 Å². The van der Waals surface area contributed by atoms with Gasteiger partial charge in [-0.2, -0.15) is 0 Å². The van der Waals surface area contributed by atoms with E-state index in [0.717, 1.165) is 17.1 Å². The Morgan fingerprint density at radius 1 is 0.522 bits per heavy atom. The van der Waals surface area contributed by atoms with Gasteiger partial charge in [-0.3, -0.25) is 43.3 Å². The van der Waals surface area contributed by atoms with Gasteiger partial charge in [-0.05, 0) is 30.5 Å². The fraction of sp³-hybridized carbons (Fsp3) is 0.746. The topological polar surface area (TPSA) is 540 Å². The van der Waals surface area contributed by atoms with E-state index < -0.39 is 140 Å². The highest BCUT2D eigenvalue weighted by atomic mass is 16.7. The van der Waals surface area contributed by atoms with Gasteiger partial charge in [0.05, 0.1) is 203 Å². The first-order chi connectivity index (χ1) is 54.8. The van der Waals surface area contributed by atoms with Gasteiger partial charge >= 0.3 is 12.1 Å². The normalized spacial score (nSPS) is 23.9. The number of amides is 9. The molecule has 42 heteroatoms. The van der Waals surface area contributed by atoms with Gasteiger partial charge in [-0.1, -0.05) is 6.07 Å². The van der Waals surface area contributed by atoms with Crippen LogP contribution in [0.15, 0.2) is 30.4 Å². The van der Waals surface area contributed by atoms with Crippen LogP contribution in [0.2, 0.25) is 0 Å². The molecule has 0 spiro atoms. The highest BCUT2D eigenvalue weighted by Gasteiger charge is 2.50. The van der Waals surface area contributed by atoms with Gasteiger partial charge < -0.3 is 153 Å². The minimum Gasteiger partial charge on any atom is -0.479 e. The predicted octanol–water partition coefficient (Wildman–Crippen LogP) is -6.13. The molecule has 13 N–H and O–H groups in total. The molecule has 1 aromatic carbocycles. The quantitative estimate of drug-likeness (QED) is 0.0213. The van der Waals surface area contributed by atoms with Crippen LogP contribution in [0.5, 0.6) is 5.75 Å². The number of imide groups is 1. The number of aliphatic hydroxyl groups is 3. The van der Waals surface area contributed by atoms with Crippen molar-refractivity contribution in [1.29, 1.82) is 0 Å². The Morgan fingerprint density at radius 2 is 0.991 bits per heavy atom. The van der Waals surface area contributed by atoms with E-state index in [2.05, 4.69) is 37.2 Å². The molecule has 0 radical (unpaired) electrons. The molecular weight excluding hydrogens is 1510 g/mol. The van der Waals surface area contributed by atoms with Gasteiger partial charge in [-0.25, -0.2) is 9.59 Å². The minimum absolute atomic E-state index is 0.0518. The van der Waals surface area contributed by atoms with Gasteiger partial charge in [0.1, 0.15) is 67.7 Å². The molecular formula is C71H111N9O33. The van der Waals surface area contributed by atoms with Crippen LogP contribution in [0, 0.1) is 0 Å². The Balaban J connectivity index is 0.727. The van der Waals surface area contributed by atoms with Crippen LogP contribution in [0.1, 0.15) is 49.7 Å². The van der Waals surface area contributed by atoms with Crippen LogP contribution in [-0.2, 0) is 142 Å². The van der Waals surface area contributed by atoms with Crippen LogP contribution >= 0.6 is 0 Å². The highest BCUT2D eigenvalue weighted by Crippen LogP contribution is 2.30. The molecule has 6 aliphatic heterocycles. The number of nitrogens with two attached hydrogens (primary N) is 1. The van der Waals surface area contributed by atoms with Crippen LogP contribution in [0.25, 0.3) is 0 Å². The molecule has 0 saturated carbocycles. The number of benzene rings is 1. The third-order valence-electron chi connectivity index (χ3n) is 17.9. The number of methoxy groups -OCH3 is 1. The van der Waals surface area contributed by atoms with Gasteiger partial charge in [0.2, 0.25) is 41.7 Å². The number of carbonyl (C=O) groups is 10. The van der Waals surface area contributed by atoms with E-state index in [4.69, 9.17) is 95.7 Å². The maximum atomic E-state index is 13.8. The van der Waals surface area contributed by atoms with E-state index in [1.807, 2.05) is 0 Å². The van der Waals surface area contributed by atoms with Crippen molar-refractivity contribution in [2.45, 2.75) is 137 Å². The average molecular weight is 1620 g/mol. The summed E-state index contributed by atoms with van der Waals surface area (Å²) in [5, 5.41) is 59.7. The number of aliphatic carboxylic acids is 1. The van der Waals surface area contributed by atoms with Crippen LogP contribution in [0.3, 0.4) is 0 Å². The summed E-state index contributed by atoms with van der Waals surface area (Å²) < 4.78 is 105. The standard InChI is InChI=1S/C71H111N9O33/c1-95-15-16-97-19-20-99-23-24-101-27-28-103-31-32-105-35-36-106-34-33-104-30-29-102-26-25-100-22-21-98-18-17-96-14-11-56(84)78-51-44-110-65-50(43-109-66(51)65)77-54(82)4-2-3-48(76-55(83)10-13-80-58(86)7-8-59(80)87)68(91)73-12-9-53(81)74-38-46-37-45(5-6-52(46)112-70-62(90)60(88)61(89)67(113-70)69(92)93)40-111-71(94)75-39-57(85)79-49-42-108-63-47(72)41-107-64(49)63/h5-8,37,47-51,60-67,70,88-90H,2-4,9-36,38-44,72H2,1H3,(H,73,91)(H,74,81)(H,75,94)(H,76,83)(H,77,82)(H,78,84)(H,79,85)(H,92,93)/t47-,48-,49-,50-,51-,60-,61-,62+,63+,64+,65+,66+,67-,70+/m0/s1. The number of hydrogen-bond donors (Lipinski definition) is 12. The van der Waals surface area contributed by atoms with Crippen LogP contribution in [-0.4, -0.2) is 375 Å². The molecule has 6 aliphatic rings. The summed E-state index contributed by atoms with van der Waals surface area (Å²) in [5.41, 5.74) is 6.41. The number of carboxylic acids is 1. The lowest BCUT2D eigenvalue weighted by Crippen LogP contribution is -2.61. The Labute approximate surface area is 652 Å². The molecule has 5 saturated heterocycles. The molecule has 0 unspecified atom stereocenters. The number of carboxylic acid groups (broad SMARTS) is 1. The molecule has 1 aromatic rings. The van der Waals surface area contributed by atoms with Crippen LogP contribution in [0.4, 0.5) is 4.79 Å². The van der Waals surface area contributed by atoms with Crippen molar-refractivity contribution in [3.63, 3.8) is 0 Å². The zero-order chi connectivity index (χ0) is 81.0. The van der Waals surface area contributed by atoms with Crippen molar-refractivity contribution in [2.24, 2.45) is 5.73 Å². The summed E-state index contributed by atoms with van der Waals surface area (Å²) in [4.78, 5) is 129. The molecule has 7 rings (SSSR count). The van der Waals surface area contributed by atoms with Crippen LogP contribution < -0.4 is 47.7 Å². The third kappa shape index (κ3) is 34.1. The third-order valence-corrected chi connectivity index (χ3v) is 17.9. The fourth-order valence-electron chi connectivity index (χ4n) is 12.0. The molecule has 14 atom stereocenters. The van der Waals surface area contributed by atoms with Gasteiger partial charge in [0, 0.05) is 70.1 Å². The molecule has 0 bridgehead atoms. The summed E-state index contributed by atoms with van der Waals surface area (Å²) in [7, 11) is 1.63. The van der Waals surface area contributed by atoms with Crippen molar-refractivity contribution in [1.82, 2.24) is 42.1 Å². The molecule has 9 amide bonds. The number of alkyl carbamates (subject to hydrolysis) is 1. The number of ether oxygens (including phenoxy) is 19. The Hall–Kier alpha value is -7.38. The zero-order valence-electron chi connectivity index (χ0n) is 63.5. The lowest BCUT2D eigenvalue weighted by atomic mass is 9.99. The number of carbonyl (C=O) groups excluding carboxylic acids is 9. The summed E-state index contributed by atoms with van der Waals surface area (Å²) in [6.45, 7) is 8.52. The first kappa shape index (κ1) is 92.8. The second-order valence-electron chi connectivity index (χ2n) is 26.3. The van der Waals surface area contributed by atoms with E-state index >= 15 is 0 Å². The van der Waals surface area contributed by atoms with Crippen molar-refractivity contribution in [2.75, 3.05) is 205 Å². The molecule has 6 heterocycles. The lowest BCUT2D eigenvalue weighted by Gasteiger charge is -2.38. The van der Waals surface area contributed by atoms with Crippen molar-refractivity contribution >= 4 is 59.3 Å². The van der Waals surface area contributed by atoms with Crippen molar-refractivity contribution in [3.8, 4) is 5.75 Å². The molecule has 638 valence electrons. The number of fused-ring (bicyclic) bond motifs is 2. The molecule has 0 aliphatic carbocycles. The number of rotatable bonds is 60. The number of nitrogens with one attached hydrogen (secondary N) is 7. The summed E-state index contributed by atoms with van der Waals surface area (Å²) >= 11 is 0. The maximum Gasteiger partial charge on any atom is 0.407 e. The van der Waals surface area contributed by atoms with Crippen molar-refractivity contribution in [3.05, 3.63) is 41.5 Å². The number of nitrogens with zero attached hydrogens (tertiary/aromatic N) is 1. The molecule has 113 heavy (non-hydrogen) atoms. The molecule has 0 aromatic heterocycles. The molecule has 42 nitrogen and oxygen atoms in total. The van der Waals surface area contributed by atoms with Gasteiger partial charge in [-0.15, -0.1) is 0 Å². The number of aliphatic hydroxyl groups excluding tert-OH is 3. The Kier molecular flexibility index (Phi) is 43.5. The highest BCUT2D eigenvalue weighted by molar-refractivity contribution is 6.13. The predicted molar refractivity (Wildman–Crippen MR) is 384 cm³/mol. The first-order valence-corrected chi connectivity index (χ1v) is 37.7. The van der Waals surface area contributed by atoms with E-state index in [1.165, 1.54) is 18.2 Å². The number of hydrogen-bond acceptors (Lipinski definition) is 33. The summed E-state index contributed by atoms with van der Waals surface area (Å²) in [5.74, 6) is -6.45. The second-order valence-corrected chi connectivity index (χ2v) is 26.3. The monoisotopic (exact) mass is 1620 g/mol. The largest absolute Gasteiger partial charge is 0.479 e. The van der Waals surface area contributed by atoms with E-state index in [-0.39, 0.29) is 127 Å². The Morgan fingerprint density at radius 3 is 1.50 bits per heavy atom. The smallest absolute Gasteiger partial charge is 0.407 e.